The van der Waals surface area contributed by atoms with E-state index in [0.717, 1.165) is 4.47 Å². The maximum atomic E-state index is 10.7. The molecule has 0 heterocycles. The maximum absolute atomic E-state index is 10.7. The Labute approximate surface area is 93.0 Å². The summed E-state index contributed by atoms with van der Waals surface area (Å²) < 4.78 is 25.0. The molecule has 0 unspecified atom stereocenters. The van der Waals surface area contributed by atoms with Crippen molar-refractivity contribution in [1.82, 2.24) is 0 Å². The SMILES string of the molecule is NS(=O)(=O)Nc1ccc(Br)cc1Br. The summed E-state index contributed by atoms with van der Waals surface area (Å²) in [4.78, 5) is 0. The fourth-order valence-electron chi connectivity index (χ4n) is 0.726. The minimum atomic E-state index is -3.71. The Balaban J connectivity index is 3.04. The monoisotopic (exact) mass is 328 g/mol. The van der Waals surface area contributed by atoms with E-state index in [4.69, 9.17) is 5.14 Å². The summed E-state index contributed by atoms with van der Waals surface area (Å²) in [5, 5.41) is 4.80. The Hall–Kier alpha value is -0.110. The molecule has 0 aliphatic rings. The van der Waals surface area contributed by atoms with Gasteiger partial charge in [-0.2, -0.15) is 8.42 Å². The first-order valence-electron chi connectivity index (χ1n) is 3.14. The van der Waals surface area contributed by atoms with Gasteiger partial charge in [0.2, 0.25) is 0 Å². The van der Waals surface area contributed by atoms with Gasteiger partial charge in [-0.15, -0.1) is 0 Å². The van der Waals surface area contributed by atoms with Gasteiger partial charge < -0.3 is 0 Å². The van der Waals surface area contributed by atoms with Crippen LogP contribution in [0.1, 0.15) is 0 Å². The third kappa shape index (κ3) is 3.63. The lowest BCUT2D eigenvalue weighted by atomic mass is 10.3. The molecule has 1 aromatic rings. The zero-order valence-electron chi connectivity index (χ0n) is 6.29. The van der Waals surface area contributed by atoms with Crippen molar-refractivity contribution in [3.05, 3.63) is 27.1 Å². The molecule has 7 heteroatoms. The highest BCUT2D eigenvalue weighted by Crippen LogP contribution is 2.26. The molecule has 72 valence electrons. The number of halogens is 2. The van der Waals surface area contributed by atoms with Crippen LogP contribution < -0.4 is 9.86 Å². The van der Waals surface area contributed by atoms with Crippen molar-refractivity contribution in [2.24, 2.45) is 5.14 Å². The van der Waals surface area contributed by atoms with E-state index >= 15 is 0 Å². The molecule has 4 nitrogen and oxygen atoms in total. The molecular weight excluding hydrogens is 324 g/mol. The van der Waals surface area contributed by atoms with Crippen molar-refractivity contribution in [2.45, 2.75) is 0 Å². The Bertz CT molecular complexity index is 419. The predicted octanol–water partition coefficient (Wildman–Crippen LogP) is 1.83. The molecule has 3 N–H and O–H groups in total. The third-order valence-electron chi connectivity index (χ3n) is 1.18. The van der Waals surface area contributed by atoms with Crippen LogP contribution in [0.4, 0.5) is 5.69 Å². The normalized spacial score (nSPS) is 11.3. The molecule has 0 bridgehead atoms. The second-order valence-corrected chi connectivity index (χ2v) is 5.34. The van der Waals surface area contributed by atoms with Crippen LogP contribution in [0.5, 0.6) is 0 Å². The smallest absolute Gasteiger partial charge is 0.270 e. The van der Waals surface area contributed by atoms with Crippen LogP contribution in [0.25, 0.3) is 0 Å². The Morgan fingerprint density at radius 1 is 1.31 bits per heavy atom. The van der Waals surface area contributed by atoms with Crippen LogP contribution >= 0.6 is 31.9 Å². The van der Waals surface area contributed by atoms with E-state index in [1.807, 2.05) is 0 Å². The number of nitrogens with two attached hydrogens (primary N) is 1. The van der Waals surface area contributed by atoms with E-state index in [9.17, 15) is 8.42 Å². The topological polar surface area (TPSA) is 72.2 Å². The molecular formula is C6H6Br2N2O2S. The first-order valence-corrected chi connectivity index (χ1v) is 6.27. The van der Waals surface area contributed by atoms with Crippen LogP contribution in [-0.2, 0) is 10.2 Å². The standard InChI is InChI=1S/C6H6Br2N2O2S/c7-4-1-2-6(5(8)3-4)10-13(9,11)12/h1-3,10H,(H2,9,11,12). The van der Waals surface area contributed by atoms with E-state index in [-0.39, 0.29) is 0 Å². The largest absolute Gasteiger partial charge is 0.296 e. The van der Waals surface area contributed by atoms with Gasteiger partial charge in [0.05, 0.1) is 5.69 Å². The van der Waals surface area contributed by atoms with Crippen molar-refractivity contribution in [3.63, 3.8) is 0 Å². The predicted molar refractivity (Wildman–Crippen MR) is 58.6 cm³/mol. The molecule has 0 aliphatic heterocycles. The number of nitrogens with one attached hydrogen (secondary N) is 1. The Kier molecular flexibility index (Phi) is 3.33. The summed E-state index contributed by atoms with van der Waals surface area (Å²) in [6, 6.07) is 5.02. The molecule has 0 spiro atoms. The summed E-state index contributed by atoms with van der Waals surface area (Å²) >= 11 is 6.42. The Morgan fingerprint density at radius 2 is 1.92 bits per heavy atom. The summed E-state index contributed by atoms with van der Waals surface area (Å²) in [5.74, 6) is 0. The molecule has 0 fully saturated rings. The van der Waals surface area contributed by atoms with E-state index in [2.05, 4.69) is 36.6 Å². The fraction of sp³-hybridized carbons (Fsp3) is 0. The highest BCUT2D eigenvalue weighted by Gasteiger charge is 2.05. The third-order valence-corrected chi connectivity index (χ3v) is 2.84. The average molecular weight is 330 g/mol. The number of anilines is 1. The van der Waals surface area contributed by atoms with Crippen LogP contribution in [0, 0.1) is 0 Å². The molecule has 1 aromatic carbocycles. The minimum absolute atomic E-state index is 0.408. The molecule has 0 saturated heterocycles. The van der Waals surface area contributed by atoms with Gasteiger partial charge in [-0.25, -0.2) is 5.14 Å². The first kappa shape index (κ1) is 11.0. The number of rotatable bonds is 2. The first-order chi connectivity index (χ1) is 5.88. The second-order valence-electron chi connectivity index (χ2n) is 2.27. The second kappa shape index (κ2) is 3.95. The summed E-state index contributed by atoms with van der Waals surface area (Å²) in [7, 11) is -3.71. The number of hydrogen-bond acceptors (Lipinski definition) is 2. The number of benzene rings is 1. The van der Waals surface area contributed by atoms with Crippen molar-refractivity contribution in [2.75, 3.05) is 4.72 Å². The van der Waals surface area contributed by atoms with Gasteiger partial charge in [-0.1, -0.05) is 15.9 Å². The van der Waals surface area contributed by atoms with Gasteiger partial charge in [0.1, 0.15) is 0 Å². The van der Waals surface area contributed by atoms with E-state index < -0.39 is 10.2 Å². The minimum Gasteiger partial charge on any atom is -0.270 e. The van der Waals surface area contributed by atoms with Gasteiger partial charge in [-0.05, 0) is 34.1 Å². The van der Waals surface area contributed by atoms with Gasteiger partial charge in [0, 0.05) is 8.95 Å². The lowest BCUT2D eigenvalue weighted by Gasteiger charge is -2.05. The van der Waals surface area contributed by atoms with Crippen LogP contribution in [0.2, 0.25) is 0 Å². The molecule has 0 amide bonds. The van der Waals surface area contributed by atoms with Crippen molar-refractivity contribution >= 4 is 47.8 Å². The lowest BCUT2D eigenvalue weighted by molar-refractivity contribution is 0.603. The van der Waals surface area contributed by atoms with Gasteiger partial charge in [0.25, 0.3) is 10.2 Å². The van der Waals surface area contributed by atoms with Gasteiger partial charge in [-0.3, -0.25) is 4.72 Å². The molecule has 1 rings (SSSR count). The average Bonchev–Trinajstić information content (AvgIpc) is 1.93. The van der Waals surface area contributed by atoms with Crippen LogP contribution in [-0.4, -0.2) is 8.42 Å². The zero-order valence-corrected chi connectivity index (χ0v) is 10.3. The molecule has 0 saturated carbocycles. The molecule has 0 atom stereocenters. The molecule has 13 heavy (non-hydrogen) atoms. The van der Waals surface area contributed by atoms with Crippen LogP contribution in [0.3, 0.4) is 0 Å². The van der Waals surface area contributed by atoms with E-state index in [1.54, 1.807) is 18.2 Å². The molecule has 0 aromatic heterocycles. The quantitative estimate of drug-likeness (QED) is 0.868. The van der Waals surface area contributed by atoms with Crippen molar-refractivity contribution in [1.29, 1.82) is 0 Å². The van der Waals surface area contributed by atoms with Crippen LogP contribution in [0.15, 0.2) is 27.1 Å². The summed E-state index contributed by atoms with van der Waals surface area (Å²) in [6.45, 7) is 0. The molecule has 0 aliphatic carbocycles. The summed E-state index contributed by atoms with van der Waals surface area (Å²) in [5.41, 5.74) is 0.408. The summed E-state index contributed by atoms with van der Waals surface area (Å²) in [6.07, 6.45) is 0. The van der Waals surface area contributed by atoms with E-state index in [0.29, 0.717) is 10.2 Å². The van der Waals surface area contributed by atoms with Gasteiger partial charge in [0.15, 0.2) is 0 Å². The lowest BCUT2D eigenvalue weighted by Crippen LogP contribution is -2.21. The van der Waals surface area contributed by atoms with E-state index in [1.165, 1.54) is 0 Å². The highest BCUT2D eigenvalue weighted by atomic mass is 79.9. The van der Waals surface area contributed by atoms with Gasteiger partial charge >= 0.3 is 0 Å². The van der Waals surface area contributed by atoms with Crippen molar-refractivity contribution in [3.8, 4) is 0 Å². The fourth-order valence-corrected chi connectivity index (χ4v) is 2.49. The zero-order chi connectivity index (χ0) is 10.1. The highest BCUT2D eigenvalue weighted by molar-refractivity contribution is 9.11. The van der Waals surface area contributed by atoms with Crippen molar-refractivity contribution < 1.29 is 8.42 Å². The number of hydrogen-bond donors (Lipinski definition) is 2. The Morgan fingerprint density at radius 3 is 2.38 bits per heavy atom. The maximum Gasteiger partial charge on any atom is 0.296 e. The molecule has 0 radical (unpaired) electrons.